The second kappa shape index (κ2) is 7.46. The summed E-state index contributed by atoms with van der Waals surface area (Å²) in [6, 6.07) is 8.18. The molecule has 2 amide bonds. The first-order chi connectivity index (χ1) is 11.6. The van der Waals surface area contributed by atoms with Crippen LogP contribution in [0.15, 0.2) is 24.3 Å². The molecule has 0 bridgehead atoms. The molecule has 138 valence electrons. The second-order valence-corrected chi connectivity index (χ2v) is 8.15. The minimum atomic E-state index is -0.506. The lowest BCUT2D eigenvalue weighted by atomic mass is 9.93. The molecule has 5 heteroatoms. The maximum absolute atomic E-state index is 12.6. The molecule has 0 saturated heterocycles. The van der Waals surface area contributed by atoms with E-state index >= 15 is 0 Å². The summed E-state index contributed by atoms with van der Waals surface area (Å²) in [7, 11) is 0. The summed E-state index contributed by atoms with van der Waals surface area (Å²) < 4.78 is 5.21. The average molecular weight is 346 g/mol. The molecule has 1 atom stereocenters. The number of carbonyl (C=O) groups excluding carboxylic acids is 2. The molecular formula is C20H30N2O3. The molecule has 0 radical (unpaired) electrons. The molecule has 1 aromatic rings. The highest BCUT2D eigenvalue weighted by atomic mass is 16.6. The second-order valence-electron chi connectivity index (χ2n) is 8.15. The van der Waals surface area contributed by atoms with Gasteiger partial charge >= 0.3 is 6.09 Å². The minimum absolute atomic E-state index is 0.0854. The number of aryl methyl sites for hydroxylation is 1. The molecule has 5 nitrogen and oxygen atoms in total. The smallest absolute Gasteiger partial charge is 0.407 e. The first-order valence-electron chi connectivity index (χ1n) is 8.95. The van der Waals surface area contributed by atoms with Gasteiger partial charge in [-0.1, -0.05) is 36.8 Å². The van der Waals surface area contributed by atoms with Gasteiger partial charge in [0.25, 0.3) is 0 Å². The first-order valence-corrected chi connectivity index (χ1v) is 8.95. The summed E-state index contributed by atoms with van der Waals surface area (Å²) in [4.78, 5) is 24.3. The van der Waals surface area contributed by atoms with Crippen molar-refractivity contribution in [3.8, 4) is 0 Å². The van der Waals surface area contributed by atoms with Crippen LogP contribution in [-0.2, 0) is 14.9 Å². The van der Waals surface area contributed by atoms with Gasteiger partial charge in [-0.2, -0.15) is 0 Å². The van der Waals surface area contributed by atoms with E-state index in [2.05, 4.69) is 16.7 Å². The number of rotatable bonds is 6. The minimum Gasteiger partial charge on any atom is -0.444 e. The number of hydrogen-bond acceptors (Lipinski definition) is 3. The molecule has 1 aromatic carbocycles. The first kappa shape index (κ1) is 19.3. The van der Waals surface area contributed by atoms with Crippen LogP contribution >= 0.6 is 0 Å². The number of benzene rings is 1. The highest BCUT2D eigenvalue weighted by Crippen LogP contribution is 2.48. The van der Waals surface area contributed by atoms with Crippen LogP contribution in [0.1, 0.15) is 51.7 Å². The number of nitrogens with one attached hydrogen (secondary N) is 2. The Balaban J connectivity index is 1.79. The fourth-order valence-corrected chi connectivity index (χ4v) is 2.79. The monoisotopic (exact) mass is 346 g/mol. The van der Waals surface area contributed by atoms with Gasteiger partial charge in [-0.25, -0.2) is 4.79 Å². The van der Waals surface area contributed by atoms with Crippen molar-refractivity contribution in [2.75, 3.05) is 13.1 Å². The van der Waals surface area contributed by atoms with Crippen LogP contribution in [-0.4, -0.2) is 30.7 Å². The van der Waals surface area contributed by atoms with Crippen molar-refractivity contribution in [3.05, 3.63) is 35.4 Å². The molecule has 0 aromatic heterocycles. The van der Waals surface area contributed by atoms with Crippen molar-refractivity contribution < 1.29 is 14.3 Å². The molecule has 2 N–H and O–H groups in total. The third-order valence-electron chi connectivity index (χ3n) is 4.36. The van der Waals surface area contributed by atoms with Crippen molar-refractivity contribution in [2.24, 2.45) is 5.92 Å². The van der Waals surface area contributed by atoms with Crippen molar-refractivity contribution in [2.45, 2.75) is 58.5 Å². The van der Waals surface area contributed by atoms with E-state index in [1.165, 1.54) is 5.56 Å². The molecule has 2 rings (SSSR count). The van der Waals surface area contributed by atoms with E-state index in [9.17, 15) is 9.59 Å². The van der Waals surface area contributed by atoms with Gasteiger partial charge in [0.15, 0.2) is 0 Å². The Labute approximate surface area is 150 Å². The van der Waals surface area contributed by atoms with Gasteiger partial charge in [0, 0.05) is 13.1 Å². The van der Waals surface area contributed by atoms with E-state index in [0.717, 1.165) is 18.4 Å². The molecule has 0 heterocycles. The van der Waals surface area contributed by atoms with E-state index < -0.39 is 11.7 Å². The average Bonchev–Trinajstić information content (AvgIpc) is 3.31. The van der Waals surface area contributed by atoms with E-state index in [4.69, 9.17) is 4.74 Å². The summed E-state index contributed by atoms with van der Waals surface area (Å²) in [6.07, 6.45) is 1.36. The molecular weight excluding hydrogens is 316 g/mol. The van der Waals surface area contributed by atoms with Crippen LogP contribution in [0.2, 0.25) is 0 Å². The summed E-state index contributed by atoms with van der Waals surface area (Å²) in [5.41, 5.74) is 1.41. The lowest BCUT2D eigenvalue weighted by Crippen LogP contribution is -2.41. The van der Waals surface area contributed by atoms with Gasteiger partial charge < -0.3 is 15.4 Å². The van der Waals surface area contributed by atoms with Gasteiger partial charge in [0.1, 0.15) is 5.60 Å². The summed E-state index contributed by atoms with van der Waals surface area (Å²) in [5, 5.41) is 5.79. The Morgan fingerprint density at radius 2 is 1.84 bits per heavy atom. The Morgan fingerprint density at radius 3 is 2.40 bits per heavy atom. The Kier molecular flexibility index (Phi) is 5.76. The zero-order valence-corrected chi connectivity index (χ0v) is 15.9. The van der Waals surface area contributed by atoms with Crippen molar-refractivity contribution >= 4 is 12.0 Å². The summed E-state index contributed by atoms with van der Waals surface area (Å²) >= 11 is 0. The van der Waals surface area contributed by atoms with Gasteiger partial charge in [0.05, 0.1) is 5.41 Å². The maximum atomic E-state index is 12.6. The molecule has 1 unspecified atom stereocenters. The number of hydrogen-bond donors (Lipinski definition) is 2. The molecule has 1 aliphatic carbocycles. The lowest BCUT2D eigenvalue weighted by molar-refractivity contribution is -0.123. The number of amides is 2. The van der Waals surface area contributed by atoms with Crippen LogP contribution < -0.4 is 10.6 Å². The lowest BCUT2D eigenvalue weighted by Gasteiger charge is -2.21. The van der Waals surface area contributed by atoms with Gasteiger partial charge in [-0.3, -0.25) is 4.79 Å². The quantitative estimate of drug-likeness (QED) is 0.830. The zero-order valence-electron chi connectivity index (χ0n) is 15.9. The van der Waals surface area contributed by atoms with Crippen LogP contribution in [0.4, 0.5) is 4.79 Å². The summed E-state index contributed by atoms with van der Waals surface area (Å²) in [6.45, 7) is 10.5. The number of ether oxygens (including phenoxy) is 1. The Hall–Kier alpha value is -2.04. The van der Waals surface area contributed by atoms with Crippen molar-refractivity contribution in [3.63, 3.8) is 0 Å². The van der Waals surface area contributed by atoms with Crippen molar-refractivity contribution in [1.29, 1.82) is 0 Å². The number of alkyl carbamates (subject to hydrolysis) is 1. The van der Waals surface area contributed by atoms with Gasteiger partial charge in [-0.05, 0) is 52.0 Å². The van der Waals surface area contributed by atoms with Crippen LogP contribution in [0.25, 0.3) is 0 Å². The third-order valence-corrected chi connectivity index (χ3v) is 4.36. The Morgan fingerprint density at radius 1 is 1.20 bits per heavy atom. The standard InChI is InChI=1S/C20H30N2O3/c1-14-7-6-8-16(11-14)20(9-10-20)17(23)21-12-15(2)13-22-18(24)25-19(3,4)5/h6-8,11,15H,9-10,12-13H2,1-5H3,(H,21,23)(H,22,24). The van der Waals surface area contributed by atoms with Crippen molar-refractivity contribution in [1.82, 2.24) is 10.6 Å². The predicted octanol–water partition coefficient (Wildman–Crippen LogP) is 3.30. The van der Waals surface area contributed by atoms with Gasteiger partial charge in [-0.15, -0.1) is 0 Å². The van der Waals surface area contributed by atoms with E-state index in [0.29, 0.717) is 13.1 Å². The molecule has 1 aliphatic rings. The van der Waals surface area contributed by atoms with E-state index in [1.54, 1.807) is 0 Å². The normalized spacial score (nSPS) is 16.7. The fourth-order valence-electron chi connectivity index (χ4n) is 2.79. The van der Waals surface area contributed by atoms with Crippen LogP contribution in [0.5, 0.6) is 0 Å². The fraction of sp³-hybridized carbons (Fsp3) is 0.600. The topological polar surface area (TPSA) is 67.4 Å². The molecule has 0 aliphatic heterocycles. The Bertz CT molecular complexity index is 630. The molecule has 0 spiro atoms. The largest absolute Gasteiger partial charge is 0.444 e. The predicted molar refractivity (Wildman–Crippen MR) is 98.5 cm³/mol. The molecule has 1 fully saturated rings. The van der Waals surface area contributed by atoms with Crippen LogP contribution in [0, 0.1) is 12.8 Å². The zero-order chi connectivity index (χ0) is 18.7. The third kappa shape index (κ3) is 5.48. The molecule has 25 heavy (non-hydrogen) atoms. The number of carbonyl (C=O) groups is 2. The van der Waals surface area contributed by atoms with Gasteiger partial charge in [0.2, 0.25) is 5.91 Å². The highest BCUT2D eigenvalue weighted by Gasteiger charge is 2.51. The van der Waals surface area contributed by atoms with Crippen LogP contribution in [0.3, 0.4) is 0 Å². The SMILES string of the molecule is Cc1cccc(C2(C(=O)NCC(C)CNC(=O)OC(C)(C)C)CC2)c1. The van der Waals surface area contributed by atoms with E-state index in [1.807, 2.05) is 52.8 Å². The molecule has 1 saturated carbocycles. The maximum Gasteiger partial charge on any atom is 0.407 e. The summed E-state index contributed by atoms with van der Waals surface area (Å²) in [5.74, 6) is 0.215. The highest BCUT2D eigenvalue weighted by molar-refractivity contribution is 5.91. The van der Waals surface area contributed by atoms with E-state index in [-0.39, 0.29) is 17.2 Å².